The Bertz CT molecular complexity index is 789. The molecule has 7 heteroatoms. The van der Waals surface area contributed by atoms with Crippen LogP contribution in [0.25, 0.3) is 0 Å². The Kier molecular flexibility index (Phi) is 7.18. The molecule has 0 saturated heterocycles. The van der Waals surface area contributed by atoms with E-state index in [9.17, 15) is 9.59 Å². The maximum absolute atomic E-state index is 12.0. The second-order valence-corrected chi connectivity index (χ2v) is 6.53. The third kappa shape index (κ3) is 6.01. The minimum Gasteiger partial charge on any atom is -0.466 e. The number of carbonyl (C=O) groups excluding carboxylic acids is 1. The lowest BCUT2D eigenvalue weighted by molar-refractivity contribution is -0.143. The predicted octanol–water partition coefficient (Wildman–Crippen LogP) is 2.61. The van der Waals surface area contributed by atoms with E-state index in [0.717, 1.165) is 24.2 Å². The highest BCUT2D eigenvalue weighted by atomic mass is 32.2. The maximum atomic E-state index is 12.0. The summed E-state index contributed by atoms with van der Waals surface area (Å²) in [6.07, 6.45) is 3.86. The second kappa shape index (κ2) is 9.36. The van der Waals surface area contributed by atoms with E-state index < -0.39 is 0 Å². The van der Waals surface area contributed by atoms with Crippen LogP contribution in [0.15, 0.2) is 28.2 Å². The lowest BCUT2D eigenvalue weighted by Gasteiger charge is -2.07. The Morgan fingerprint density at radius 1 is 1.24 bits per heavy atom. The van der Waals surface area contributed by atoms with Gasteiger partial charge in [0.1, 0.15) is 0 Å². The van der Waals surface area contributed by atoms with Gasteiger partial charge < -0.3 is 9.72 Å². The van der Waals surface area contributed by atoms with E-state index >= 15 is 0 Å². The molecule has 2 heterocycles. The largest absolute Gasteiger partial charge is 0.466 e. The molecule has 2 rings (SSSR count). The fourth-order valence-electron chi connectivity index (χ4n) is 2.45. The van der Waals surface area contributed by atoms with Crippen molar-refractivity contribution in [3.63, 3.8) is 0 Å². The summed E-state index contributed by atoms with van der Waals surface area (Å²) >= 11 is 1.38. The van der Waals surface area contributed by atoms with Crippen LogP contribution in [-0.4, -0.2) is 33.8 Å². The molecule has 0 bridgehead atoms. The Balaban J connectivity index is 1.75. The van der Waals surface area contributed by atoms with Crippen LogP contribution in [0.1, 0.15) is 35.5 Å². The number of aromatic nitrogens is 3. The minimum atomic E-state index is -0.301. The van der Waals surface area contributed by atoms with Crippen LogP contribution in [0.4, 0.5) is 0 Å². The van der Waals surface area contributed by atoms with Crippen LogP contribution in [0.2, 0.25) is 0 Å². The van der Waals surface area contributed by atoms with Gasteiger partial charge in [-0.1, -0.05) is 17.8 Å². The number of rotatable bonds is 8. The summed E-state index contributed by atoms with van der Waals surface area (Å²) < 4.78 is 5.24. The van der Waals surface area contributed by atoms with Crippen molar-refractivity contribution in [2.75, 3.05) is 12.9 Å². The summed E-state index contributed by atoms with van der Waals surface area (Å²) in [5.41, 5.74) is 3.00. The van der Waals surface area contributed by atoms with Crippen molar-refractivity contribution >= 4 is 17.7 Å². The Labute approximate surface area is 151 Å². The van der Waals surface area contributed by atoms with E-state index in [1.165, 1.54) is 11.8 Å². The smallest absolute Gasteiger partial charge is 0.306 e. The summed E-state index contributed by atoms with van der Waals surface area (Å²) in [5.74, 6) is -0.301. The molecule has 0 aliphatic carbocycles. The van der Waals surface area contributed by atoms with E-state index in [2.05, 4.69) is 15.0 Å². The van der Waals surface area contributed by atoms with Crippen molar-refractivity contribution in [1.82, 2.24) is 15.0 Å². The summed E-state index contributed by atoms with van der Waals surface area (Å²) in [6, 6.07) is 5.89. The number of hydrogen-bond donors (Lipinski definition) is 1. The van der Waals surface area contributed by atoms with Crippen molar-refractivity contribution in [3.8, 4) is 0 Å². The Morgan fingerprint density at radius 3 is 2.72 bits per heavy atom. The molecular weight excluding hydrogens is 338 g/mol. The van der Waals surface area contributed by atoms with Crippen LogP contribution in [0, 0.1) is 13.8 Å². The van der Waals surface area contributed by atoms with Gasteiger partial charge in [-0.25, -0.2) is 4.98 Å². The van der Waals surface area contributed by atoms with Gasteiger partial charge in [-0.15, -0.1) is 0 Å². The normalized spacial score (nSPS) is 10.7. The van der Waals surface area contributed by atoms with Gasteiger partial charge in [-0.3, -0.25) is 14.6 Å². The molecule has 2 aromatic heterocycles. The van der Waals surface area contributed by atoms with E-state index in [1.54, 1.807) is 6.92 Å². The zero-order valence-corrected chi connectivity index (χ0v) is 15.6. The molecule has 0 radical (unpaired) electrons. The quantitative estimate of drug-likeness (QED) is 0.337. The van der Waals surface area contributed by atoms with E-state index in [-0.39, 0.29) is 17.9 Å². The van der Waals surface area contributed by atoms with Crippen LogP contribution < -0.4 is 5.56 Å². The van der Waals surface area contributed by atoms with Crippen LogP contribution in [0.3, 0.4) is 0 Å². The topological polar surface area (TPSA) is 84.9 Å². The van der Waals surface area contributed by atoms with Gasteiger partial charge in [-0.05, 0) is 51.5 Å². The molecule has 6 nitrogen and oxygen atoms in total. The standard InChI is InChI=1S/C18H23N3O3S/c1-12-6-4-7-14(19-12)8-5-11-24-16(22)10-9-15-13(2)20-18(25-3)21-17(15)23/h4,6-7H,5,8-11H2,1-3H3,(H,20,21,23). The number of ether oxygens (including phenoxy) is 1. The van der Waals surface area contributed by atoms with Crippen molar-refractivity contribution < 1.29 is 9.53 Å². The molecule has 0 aliphatic rings. The molecule has 2 aromatic rings. The molecule has 0 aliphatic heterocycles. The van der Waals surface area contributed by atoms with Crippen molar-refractivity contribution in [2.45, 2.75) is 44.7 Å². The minimum absolute atomic E-state index is 0.174. The molecule has 25 heavy (non-hydrogen) atoms. The Hall–Kier alpha value is -2.15. The number of pyridine rings is 1. The molecule has 0 unspecified atom stereocenters. The molecule has 0 atom stereocenters. The van der Waals surface area contributed by atoms with Crippen molar-refractivity contribution in [1.29, 1.82) is 0 Å². The molecule has 1 N–H and O–H groups in total. The van der Waals surface area contributed by atoms with Crippen molar-refractivity contribution in [3.05, 3.63) is 51.2 Å². The average Bonchev–Trinajstić information content (AvgIpc) is 2.58. The van der Waals surface area contributed by atoms with Gasteiger partial charge in [0.05, 0.1) is 6.61 Å². The Morgan fingerprint density at radius 2 is 2.04 bits per heavy atom. The summed E-state index contributed by atoms with van der Waals surface area (Å²) in [6.45, 7) is 4.09. The molecule has 134 valence electrons. The molecule has 0 amide bonds. The van der Waals surface area contributed by atoms with Crippen molar-refractivity contribution in [2.24, 2.45) is 0 Å². The highest BCUT2D eigenvalue weighted by molar-refractivity contribution is 7.98. The van der Waals surface area contributed by atoms with Crippen LogP contribution >= 0.6 is 11.8 Å². The highest BCUT2D eigenvalue weighted by Crippen LogP contribution is 2.10. The summed E-state index contributed by atoms with van der Waals surface area (Å²) in [7, 11) is 0. The number of aromatic amines is 1. The first-order valence-electron chi connectivity index (χ1n) is 8.21. The number of esters is 1. The molecule has 0 saturated carbocycles. The van der Waals surface area contributed by atoms with Gasteiger partial charge >= 0.3 is 5.97 Å². The number of nitrogens with zero attached hydrogens (tertiary/aromatic N) is 2. The maximum Gasteiger partial charge on any atom is 0.306 e. The number of aryl methyl sites for hydroxylation is 3. The summed E-state index contributed by atoms with van der Waals surface area (Å²) in [4.78, 5) is 35.3. The van der Waals surface area contributed by atoms with Crippen LogP contribution in [0.5, 0.6) is 0 Å². The monoisotopic (exact) mass is 361 g/mol. The number of nitrogens with one attached hydrogen (secondary N) is 1. The fraction of sp³-hybridized carbons (Fsp3) is 0.444. The predicted molar refractivity (Wildman–Crippen MR) is 98.0 cm³/mol. The zero-order chi connectivity index (χ0) is 18.2. The van der Waals surface area contributed by atoms with Crippen LogP contribution in [-0.2, 0) is 22.4 Å². The van der Waals surface area contributed by atoms with Gasteiger partial charge in [0.15, 0.2) is 5.16 Å². The first kappa shape index (κ1) is 19.2. The first-order chi connectivity index (χ1) is 12.0. The lowest BCUT2D eigenvalue weighted by atomic mass is 10.1. The first-order valence-corrected chi connectivity index (χ1v) is 9.44. The number of thioether (sulfide) groups is 1. The SMILES string of the molecule is CSc1nc(C)c(CCC(=O)OCCCc2cccc(C)n2)c(=O)[nH]1. The fourth-order valence-corrected chi connectivity index (χ4v) is 2.88. The zero-order valence-electron chi connectivity index (χ0n) is 14.8. The molecular formula is C18H23N3O3S. The van der Waals surface area contributed by atoms with Gasteiger partial charge in [0.2, 0.25) is 0 Å². The van der Waals surface area contributed by atoms with E-state index in [0.29, 0.717) is 29.4 Å². The number of H-pyrrole nitrogens is 1. The number of hydrogen-bond acceptors (Lipinski definition) is 6. The second-order valence-electron chi connectivity index (χ2n) is 5.73. The molecule has 0 aromatic carbocycles. The lowest BCUT2D eigenvalue weighted by Crippen LogP contribution is -2.19. The average molecular weight is 361 g/mol. The third-order valence-electron chi connectivity index (χ3n) is 3.76. The molecule has 0 spiro atoms. The number of carbonyl (C=O) groups is 1. The van der Waals surface area contributed by atoms with Gasteiger partial charge in [0, 0.05) is 29.1 Å². The van der Waals surface area contributed by atoms with E-state index in [4.69, 9.17) is 4.74 Å². The highest BCUT2D eigenvalue weighted by Gasteiger charge is 2.11. The summed E-state index contributed by atoms with van der Waals surface area (Å²) in [5, 5.41) is 0.582. The third-order valence-corrected chi connectivity index (χ3v) is 4.34. The van der Waals surface area contributed by atoms with Gasteiger partial charge in [-0.2, -0.15) is 0 Å². The van der Waals surface area contributed by atoms with Gasteiger partial charge in [0.25, 0.3) is 5.56 Å². The van der Waals surface area contributed by atoms with E-state index in [1.807, 2.05) is 31.4 Å². The molecule has 0 fully saturated rings.